The molecule has 1 aliphatic heterocycles. The van der Waals surface area contributed by atoms with E-state index in [1.165, 1.54) is 7.11 Å². The molecular weight excluding hydrogens is 184 g/mol. The van der Waals surface area contributed by atoms with Gasteiger partial charge in [-0.25, -0.2) is 0 Å². The van der Waals surface area contributed by atoms with E-state index in [0.717, 1.165) is 12.8 Å². The van der Waals surface area contributed by atoms with Crippen LogP contribution in [0.5, 0.6) is 0 Å². The Morgan fingerprint density at radius 1 is 1.50 bits per heavy atom. The fourth-order valence-electron chi connectivity index (χ4n) is 2.00. The average molecular weight is 198 g/mol. The first kappa shape index (κ1) is 9.68. The van der Waals surface area contributed by atoms with Gasteiger partial charge in [0.2, 0.25) is 0 Å². The van der Waals surface area contributed by atoms with Gasteiger partial charge in [-0.15, -0.1) is 0 Å². The van der Waals surface area contributed by atoms with Crippen LogP contribution in [0.25, 0.3) is 0 Å². The number of carbonyl (C=O) groups excluding carboxylic acids is 1. The minimum atomic E-state index is -0.748. The summed E-state index contributed by atoms with van der Waals surface area (Å²) in [5.41, 5.74) is 0. The topological polar surface area (TPSA) is 44.8 Å². The third-order valence-electron chi connectivity index (χ3n) is 2.69. The molecule has 2 aliphatic rings. The van der Waals surface area contributed by atoms with E-state index in [0.29, 0.717) is 13.2 Å². The highest BCUT2D eigenvalue weighted by Gasteiger charge is 2.48. The summed E-state index contributed by atoms with van der Waals surface area (Å²) < 4.78 is 15.8. The molecule has 0 aromatic carbocycles. The van der Waals surface area contributed by atoms with Crippen LogP contribution in [-0.4, -0.2) is 32.1 Å². The molecule has 0 bridgehead atoms. The molecule has 0 amide bonds. The minimum Gasteiger partial charge on any atom is -0.468 e. The van der Waals surface area contributed by atoms with E-state index in [1.54, 1.807) is 0 Å². The number of methoxy groups -OCH3 is 1. The Morgan fingerprint density at radius 3 is 2.86 bits per heavy atom. The van der Waals surface area contributed by atoms with Crippen molar-refractivity contribution in [3.63, 3.8) is 0 Å². The summed E-state index contributed by atoms with van der Waals surface area (Å²) in [4.78, 5) is 11.5. The molecule has 1 atom stereocenters. The summed E-state index contributed by atoms with van der Waals surface area (Å²) in [7, 11) is 1.38. The van der Waals surface area contributed by atoms with Crippen molar-refractivity contribution in [1.29, 1.82) is 0 Å². The lowest BCUT2D eigenvalue weighted by Gasteiger charge is -2.34. The van der Waals surface area contributed by atoms with Crippen molar-refractivity contribution in [1.82, 2.24) is 0 Å². The zero-order chi connectivity index (χ0) is 10.0. The number of esters is 1. The Bertz CT molecular complexity index is 253. The minimum absolute atomic E-state index is 0.289. The van der Waals surface area contributed by atoms with Gasteiger partial charge in [0.05, 0.1) is 20.3 Å². The van der Waals surface area contributed by atoms with E-state index in [4.69, 9.17) is 14.2 Å². The first-order chi connectivity index (χ1) is 6.78. The summed E-state index contributed by atoms with van der Waals surface area (Å²) in [6, 6.07) is 0. The Labute approximate surface area is 82.8 Å². The lowest BCUT2D eigenvalue weighted by molar-refractivity contribution is -0.204. The predicted octanol–water partition coefficient (Wildman–Crippen LogP) is 0.869. The Hall–Kier alpha value is -0.870. The smallest absolute Gasteiger partial charge is 0.318 e. The molecule has 1 saturated heterocycles. The Balaban J connectivity index is 2.21. The number of rotatable bonds is 1. The van der Waals surface area contributed by atoms with Crippen LogP contribution in [0.4, 0.5) is 0 Å². The molecule has 1 aliphatic carbocycles. The van der Waals surface area contributed by atoms with Crippen LogP contribution in [0.3, 0.4) is 0 Å². The van der Waals surface area contributed by atoms with Crippen molar-refractivity contribution in [3.05, 3.63) is 12.2 Å². The second-order valence-electron chi connectivity index (χ2n) is 3.48. The number of ether oxygens (including phenoxy) is 3. The summed E-state index contributed by atoms with van der Waals surface area (Å²) in [5, 5.41) is 0. The highest BCUT2D eigenvalue weighted by molar-refractivity contribution is 5.75. The van der Waals surface area contributed by atoms with Gasteiger partial charge >= 0.3 is 5.97 Å². The molecule has 78 valence electrons. The quantitative estimate of drug-likeness (QED) is 0.463. The number of hydrogen-bond acceptors (Lipinski definition) is 4. The van der Waals surface area contributed by atoms with Gasteiger partial charge in [-0.1, -0.05) is 12.2 Å². The predicted molar refractivity (Wildman–Crippen MR) is 48.5 cm³/mol. The van der Waals surface area contributed by atoms with Crippen molar-refractivity contribution < 1.29 is 19.0 Å². The molecule has 1 fully saturated rings. The van der Waals surface area contributed by atoms with Gasteiger partial charge in [0.25, 0.3) is 0 Å². The van der Waals surface area contributed by atoms with Gasteiger partial charge in [0.1, 0.15) is 5.92 Å². The van der Waals surface area contributed by atoms with Crippen molar-refractivity contribution in [2.45, 2.75) is 18.6 Å². The van der Waals surface area contributed by atoms with Crippen molar-refractivity contribution in [2.75, 3.05) is 20.3 Å². The maximum atomic E-state index is 11.5. The second-order valence-corrected chi connectivity index (χ2v) is 3.48. The molecule has 4 heteroatoms. The molecule has 0 radical (unpaired) electrons. The third kappa shape index (κ3) is 1.44. The molecule has 1 unspecified atom stereocenters. The zero-order valence-electron chi connectivity index (χ0n) is 8.19. The first-order valence-corrected chi connectivity index (χ1v) is 4.81. The molecule has 4 nitrogen and oxygen atoms in total. The molecule has 0 saturated carbocycles. The van der Waals surface area contributed by atoms with Crippen LogP contribution >= 0.6 is 0 Å². The Kier molecular flexibility index (Phi) is 2.56. The highest BCUT2D eigenvalue weighted by Crippen LogP contribution is 2.37. The Morgan fingerprint density at radius 2 is 2.21 bits per heavy atom. The van der Waals surface area contributed by atoms with Gasteiger partial charge in [-0.2, -0.15) is 0 Å². The summed E-state index contributed by atoms with van der Waals surface area (Å²) in [6.45, 7) is 1.11. The van der Waals surface area contributed by atoms with Crippen molar-refractivity contribution >= 4 is 5.97 Å². The van der Waals surface area contributed by atoms with E-state index >= 15 is 0 Å². The number of allylic oxidation sites excluding steroid dienone is 1. The van der Waals surface area contributed by atoms with Gasteiger partial charge in [0.15, 0.2) is 5.79 Å². The SMILES string of the molecule is COC(=O)C1C=CCCC12OCCO2. The number of hydrogen-bond donors (Lipinski definition) is 0. The van der Waals surface area contributed by atoms with Crippen molar-refractivity contribution in [3.8, 4) is 0 Å². The van der Waals surface area contributed by atoms with Gasteiger partial charge in [-0.05, 0) is 6.42 Å². The van der Waals surface area contributed by atoms with E-state index in [-0.39, 0.29) is 5.97 Å². The molecule has 1 heterocycles. The summed E-state index contributed by atoms with van der Waals surface area (Å²) in [6.07, 6.45) is 5.40. The van der Waals surface area contributed by atoms with Crippen LogP contribution in [0.15, 0.2) is 12.2 Å². The summed E-state index contributed by atoms with van der Waals surface area (Å²) >= 11 is 0. The molecule has 14 heavy (non-hydrogen) atoms. The fraction of sp³-hybridized carbons (Fsp3) is 0.700. The molecule has 0 aromatic rings. The van der Waals surface area contributed by atoms with Crippen LogP contribution in [0, 0.1) is 5.92 Å². The van der Waals surface area contributed by atoms with Gasteiger partial charge in [-0.3, -0.25) is 4.79 Å². The first-order valence-electron chi connectivity index (χ1n) is 4.81. The molecule has 0 aromatic heterocycles. The second kappa shape index (κ2) is 3.71. The van der Waals surface area contributed by atoms with Crippen LogP contribution in [0.1, 0.15) is 12.8 Å². The highest BCUT2D eigenvalue weighted by atomic mass is 16.7. The fourth-order valence-corrected chi connectivity index (χ4v) is 2.00. The standard InChI is InChI=1S/C10H14O4/c1-12-9(11)8-4-2-3-5-10(8)13-6-7-14-10/h2,4,8H,3,5-7H2,1H3. The molecular formula is C10H14O4. The largest absolute Gasteiger partial charge is 0.468 e. The van der Waals surface area contributed by atoms with Crippen molar-refractivity contribution in [2.24, 2.45) is 5.92 Å². The lowest BCUT2D eigenvalue weighted by atomic mass is 9.89. The third-order valence-corrected chi connectivity index (χ3v) is 2.69. The van der Waals surface area contributed by atoms with E-state index < -0.39 is 11.7 Å². The number of carbonyl (C=O) groups is 1. The van der Waals surface area contributed by atoms with E-state index in [9.17, 15) is 4.79 Å². The maximum Gasteiger partial charge on any atom is 0.318 e. The van der Waals surface area contributed by atoms with Crippen LogP contribution in [0.2, 0.25) is 0 Å². The van der Waals surface area contributed by atoms with Crippen LogP contribution in [-0.2, 0) is 19.0 Å². The average Bonchev–Trinajstić information content (AvgIpc) is 2.67. The van der Waals surface area contributed by atoms with Gasteiger partial charge < -0.3 is 14.2 Å². The molecule has 0 N–H and O–H groups in total. The monoisotopic (exact) mass is 198 g/mol. The van der Waals surface area contributed by atoms with Crippen LogP contribution < -0.4 is 0 Å². The van der Waals surface area contributed by atoms with E-state index in [1.807, 2.05) is 12.2 Å². The van der Waals surface area contributed by atoms with E-state index in [2.05, 4.69) is 0 Å². The summed E-state index contributed by atoms with van der Waals surface area (Å²) in [5.74, 6) is -1.45. The normalized spacial score (nSPS) is 29.4. The molecule has 2 rings (SSSR count). The maximum absolute atomic E-state index is 11.5. The molecule has 1 spiro atoms. The zero-order valence-corrected chi connectivity index (χ0v) is 8.19. The van der Waals surface area contributed by atoms with Gasteiger partial charge in [0, 0.05) is 6.42 Å². The lowest BCUT2D eigenvalue weighted by Crippen LogP contribution is -2.44.